The summed E-state index contributed by atoms with van der Waals surface area (Å²) in [4.78, 5) is 12.6. The molecular weight excluding hydrogens is 412 g/mol. The molecule has 162 valence electrons. The first-order valence-corrected chi connectivity index (χ1v) is 11.5. The maximum Gasteiger partial charge on any atom is 0.261 e. The van der Waals surface area contributed by atoms with Crippen LogP contribution >= 0.6 is 0 Å². The first-order valence-electron chi connectivity index (χ1n) is 10.0. The number of carbonyl (C=O) groups is 1. The minimum Gasteiger partial charge on any atom is -0.494 e. The third-order valence-corrected chi connectivity index (χ3v) is 6.15. The lowest BCUT2D eigenvalue weighted by Crippen LogP contribution is -2.14. The van der Waals surface area contributed by atoms with Gasteiger partial charge >= 0.3 is 0 Å². The number of ether oxygens (including phenoxy) is 1. The second-order valence-corrected chi connectivity index (χ2v) is 8.94. The molecule has 0 aromatic heterocycles. The molecule has 0 bridgehead atoms. The third-order valence-electron chi connectivity index (χ3n) is 4.75. The van der Waals surface area contributed by atoms with Gasteiger partial charge in [0.15, 0.2) is 0 Å². The van der Waals surface area contributed by atoms with Gasteiger partial charge in [0.25, 0.3) is 15.9 Å². The Bertz CT molecular complexity index is 1170. The summed E-state index contributed by atoms with van der Waals surface area (Å²) in [5.41, 5.74) is 3.55. The molecule has 31 heavy (non-hydrogen) atoms. The molecule has 3 aromatic rings. The van der Waals surface area contributed by atoms with E-state index in [1.54, 1.807) is 48.5 Å². The molecule has 0 aliphatic carbocycles. The highest BCUT2D eigenvalue weighted by molar-refractivity contribution is 7.92. The van der Waals surface area contributed by atoms with E-state index in [1.807, 2.05) is 26.8 Å². The van der Waals surface area contributed by atoms with Crippen LogP contribution in [-0.2, 0) is 10.0 Å². The molecule has 0 fully saturated rings. The Labute approximate surface area is 183 Å². The van der Waals surface area contributed by atoms with E-state index < -0.39 is 10.0 Å². The van der Waals surface area contributed by atoms with Gasteiger partial charge in [-0.2, -0.15) is 0 Å². The van der Waals surface area contributed by atoms with Crippen LogP contribution in [0.3, 0.4) is 0 Å². The van der Waals surface area contributed by atoms with Crippen LogP contribution in [0.25, 0.3) is 0 Å². The number of hydrogen-bond acceptors (Lipinski definition) is 4. The smallest absolute Gasteiger partial charge is 0.261 e. The Balaban J connectivity index is 1.69. The van der Waals surface area contributed by atoms with Crippen molar-refractivity contribution >= 4 is 27.3 Å². The van der Waals surface area contributed by atoms with Gasteiger partial charge in [-0.25, -0.2) is 8.42 Å². The maximum atomic E-state index is 12.7. The Hall–Kier alpha value is -3.32. The fraction of sp³-hybridized carbons (Fsp3) is 0.208. The SMILES string of the molecule is CCCOc1cccc(C(=O)Nc2ccc(S(=O)(=O)Nc3ccc(C)c(C)c3)cc2)c1. The Morgan fingerprint density at radius 2 is 1.61 bits per heavy atom. The van der Waals surface area contributed by atoms with E-state index in [4.69, 9.17) is 4.74 Å². The number of anilines is 2. The second-order valence-electron chi connectivity index (χ2n) is 7.26. The second kappa shape index (κ2) is 9.66. The van der Waals surface area contributed by atoms with Crippen molar-refractivity contribution in [1.82, 2.24) is 0 Å². The highest BCUT2D eigenvalue weighted by Crippen LogP contribution is 2.21. The average Bonchev–Trinajstić information content (AvgIpc) is 2.75. The minimum atomic E-state index is -3.73. The summed E-state index contributed by atoms with van der Waals surface area (Å²) in [6, 6.07) is 18.4. The summed E-state index contributed by atoms with van der Waals surface area (Å²) >= 11 is 0. The molecule has 0 radical (unpaired) electrons. The minimum absolute atomic E-state index is 0.110. The number of carbonyl (C=O) groups excluding carboxylic acids is 1. The average molecular weight is 439 g/mol. The monoisotopic (exact) mass is 438 g/mol. The molecule has 1 amide bonds. The highest BCUT2D eigenvalue weighted by atomic mass is 32.2. The largest absolute Gasteiger partial charge is 0.494 e. The molecule has 0 atom stereocenters. The Kier molecular flexibility index (Phi) is 6.97. The van der Waals surface area contributed by atoms with E-state index in [-0.39, 0.29) is 10.8 Å². The predicted octanol–water partition coefficient (Wildman–Crippen LogP) is 5.15. The van der Waals surface area contributed by atoms with Crippen LogP contribution in [-0.4, -0.2) is 20.9 Å². The number of hydrogen-bond donors (Lipinski definition) is 2. The van der Waals surface area contributed by atoms with Crippen molar-refractivity contribution in [2.45, 2.75) is 32.1 Å². The van der Waals surface area contributed by atoms with Crippen LogP contribution in [0.15, 0.2) is 71.6 Å². The van der Waals surface area contributed by atoms with E-state index in [9.17, 15) is 13.2 Å². The number of benzene rings is 3. The fourth-order valence-corrected chi connectivity index (χ4v) is 3.94. The summed E-state index contributed by atoms with van der Waals surface area (Å²) in [6.07, 6.45) is 0.879. The van der Waals surface area contributed by atoms with Crippen LogP contribution < -0.4 is 14.8 Å². The quantitative estimate of drug-likeness (QED) is 0.510. The number of rotatable bonds is 8. The molecule has 0 unspecified atom stereocenters. The van der Waals surface area contributed by atoms with E-state index in [1.165, 1.54) is 12.1 Å². The first kappa shape index (κ1) is 22.4. The molecule has 0 heterocycles. The summed E-state index contributed by atoms with van der Waals surface area (Å²) < 4.78 is 33.5. The molecule has 0 spiro atoms. The van der Waals surface area contributed by atoms with Crippen LogP contribution in [0.5, 0.6) is 5.75 Å². The number of aryl methyl sites for hydroxylation is 2. The molecule has 3 rings (SSSR count). The van der Waals surface area contributed by atoms with Crippen molar-refractivity contribution < 1.29 is 17.9 Å². The van der Waals surface area contributed by atoms with E-state index in [2.05, 4.69) is 10.0 Å². The van der Waals surface area contributed by atoms with Crippen molar-refractivity contribution in [2.24, 2.45) is 0 Å². The lowest BCUT2D eigenvalue weighted by molar-refractivity contribution is 0.102. The molecule has 0 aliphatic rings. The molecule has 2 N–H and O–H groups in total. The Morgan fingerprint density at radius 3 is 2.29 bits per heavy atom. The molecule has 6 nitrogen and oxygen atoms in total. The summed E-state index contributed by atoms with van der Waals surface area (Å²) in [6.45, 7) is 6.49. The number of sulfonamides is 1. The zero-order valence-corrected chi connectivity index (χ0v) is 18.6. The molecule has 7 heteroatoms. The number of amides is 1. The van der Waals surface area contributed by atoms with Gasteiger partial charge in [0.05, 0.1) is 11.5 Å². The van der Waals surface area contributed by atoms with Gasteiger partial charge in [-0.05, 0) is 86.0 Å². The zero-order valence-electron chi connectivity index (χ0n) is 17.8. The van der Waals surface area contributed by atoms with Crippen molar-refractivity contribution in [3.05, 3.63) is 83.4 Å². The van der Waals surface area contributed by atoms with Crippen LogP contribution in [0.2, 0.25) is 0 Å². The van der Waals surface area contributed by atoms with Crippen LogP contribution in [0.1, 0.15) is 34.8 Å². The molecule has 0 saturated carbocycles. The number of nitrogens with one attached hydrogen (secondary N) is 2. The molecular formula is C24H26N2O4S. The lowest BCUT2D eigenvalue weighted by atomic mass is 10.1. The van der Waals surface area contributed by atoms with Crippen molar-refractivity contribution in [2.75, 3.05) is 16.6 Å². The molecule has 0 saturated heterocycles. The zero-order chi connectivity index (χ0) is 22.4. The predicted molar refractivity (Wildman–Crippen MR) is 123 cm³/mol. The standard InChI is InChI=1S/C24H26N2O4S/c1-4-14-30-22-7-5-6-19(16-22)24(27)25-20-10-12-23(13-11-20)31(28,29)26-21-9-8-17(2)18(3)15-21/h5-13,15-16,26H,4,14H2,1-3H3,(H,25,27). The van der Waals surface area contributed by atoms with Gasteiger partial charge < -0.3 is 10.1 Å². The lowest BCUT2D eigenvalue weighted by Gasteiger charge is -2.11. The van der Waals surface area contributed by atoms with Gasteiger partial charge in [-0.1, -0.05) is 19.1 Å². The topological polar surface area (TPSA) is 84.5 Å². The highest BCUT2D eigenvalue weighted by Gasteiger charge is 2.15. The Morgan fingerprint density at radius 1 is 0.903 bits per heavy atom. The van der Waals surface area contributed by atoms with Gasteiger partial charge in [0.2, 0.25) is 0 Å². The first-order chi connectivity index (χ1) is 14.8. The van der Waals surface area contributed by atoms with Gasteiger partial charge in [0, 0.05) is 16.9 Å². The van der Waals surface area contributed by atoms with Crippen molar-refractivity contribution in [1.29, 1.82) is 0 Å². The van der Waals surface area contributed by atoms with Gasteiger partial charge in [-0.3, -0.25) is 9.52 Å². The van der Waals surface area contributed by atoms with Gasteiger partial charge in [-0.15, -0.1) is 0 Å². The van der Waals surface area contributed by atoms with E-state index in [0.717, 1.165) is 17.5 Å². The van der Waals surface area contributed by atoms with Crippen molar-refractivity contribution in [3.63, 3.8) is 0 Å². The van der Waals surface area contributed by atoms with Crippen LogP contribution in [0, 0.1) is 13.8 Å². The third kappa shape index (κ3) is 5.86. The fourth-order valence-electron chi connectivity index (χ4n) is 2.89. The maximum absolute atomic E-state index is 12.7. The summed E-state index contributed by atoms with van der Waals surface area (Å²) in [5.74, 6) is 0.333. The summed E-state index contributed by atoms with van der Waals surface area (Å²) in [5, 5.41) is 2.77. The van der Waals surface area contributed by atoms with E-state index >= 15 is 0 Å². The molecule has 0 aliphatic heterocycles. The van der Waals surface area contributed by atoms with Gasteiger partial charge in [0.1, 0.15) is 5.75 Å². The molecule has 3 aromatic carbocycles. The normalized spacial score (nSPS) is 11.1. The summed E-state index contributed by atoms with van der Waals surface area (Å²) in [7, 11) is -3.73. The van der Waals surface area contributed by atoms with Crippen LogP contribution in [0.4, 0.5) is 11.4 Å². The van der Waals surface area contributed by atoms with E-state index in [0.29, 0.717) is 29.3 Å². The van der Waals surface area contributed by atoms with Crippen molar-refractivity contribution in [3.8, 4) is 5.75 Å².